The van der Waals surface area contributed by atoms with Crippen LogP contribution >= 0.6 is 0 Å². The topological polar surface area (TPSA) is 46.9 Å². The summed E-state index contributed by atoms with van der Waals surface area (Å²) >= 11 is 0. The van der Waals surface area contributed by atoms with Gasteiger partial charge in [0.25, 0.3) is 0 Å². The van der Waals surface area contributed by atoms with Gasteiger partial charge in [0.15, 0.2) is 0 Å². The molecule has 0 aliphatic carbocycles. The van der Waals surface area contributed by atoms with E-state index >= 15 is 0 Å². The average Bonchev–Trinajstić information content (AvgIpc) is 3.10. The number of rotatable bonds is 7. The van der Waals surface area contributed by atoms with Gasteiger partial charge in [-0.15, -0.1) is 0 Å². The van der Waals surface area contributed by atoms with Crippen LogP contribution in [0.1, 0.15) is 17.0 Å². The molecule has 0 unspecified atom stereocenters. The van der Waals surface area contributed by atoms with Gasteiger partial charge in [0.1, 0.15) is 5.82 Å². The first-order valence-corrected chi connectivity index (χ1v) is 9.58. The van der Waals surface area contributed by atoms with Crippen molar-refractivity contribution in [2.45, 2.75) is 25.9 Å². The second-order valence-corrected chi connectivity index (χ2v) is 6.84. The highest BCUT2D eigenvalue weighted by Gasteiger charge is 2.12. The molecule has 3 aromatic carbocycles. The van der Waals surface area contributed by atoms with Crippen molar-refractivity contribution in [2.24, 2.45) is 0 Å². The fourth-order valence-electron chi connectivity index (χ4n) is 3.42. The summed E-state index contributed by atoms with van der Waals surface area (Å²) in [6.07, 6.45) is 1.30. The number of benzene rings is 3. The van der Waals surface area contributed by atoms with E-state index in [1.807, 2.05) is 54.6 Å². The SMILES string of the molecule is O=C(Cc1ccccc1)NCc1nc2ccccc2n1CCc1ccccc1. The number of aromatic nitrogens is 2. The quantitative estimate of drug-likeness (QED) is 0.532. The summed E-state index contributed by atoms with van der Waals surface area (Å²) in [7, 11) is 0. The first-order chi connectivity index (χ1) is 13.8. The fraction of sp³-hybridized carbons (Fsp3) is 0.167. The zero-order valence-corrected chi connectivity index (χ0v) is 15.7. The van der Waals surface area contributed by atoms with Gasteiger partial charge in [0.05, 0.1) is 24.0 Å². The molecule has 28 heavy (non-hydrogen) atoms. The summed E-state index contributed by atoms with van der Waals surface area (Å²) in [5.41, 5.74) is 4.37. The Morgan fingerprint density at radius 2 is 1.46 bits per heavy atom. The second-order valence-electron chi connectivity index (χ2n) is 6.84. The number of nitrogens with zero attached hydrogens (tertiary/aromatic N) is 2. The third-order valence-corrected chi connectivity index (χ3v) is 4.85. The number of carbonyl (C=O) groups is 1. The molecule has 0 saturated heterocycles. The van der Waals surface area contributed by atoms with E-state index in [4.69, 9.17) is 4.98 Å². The van der Waals surface area contributed by atoms with Gasteiger partial charge in [-0.05, 0) is 29.7 Å². The first-order valence-electron chi connectivity index (χ1n) is 9.58. The molecule has 0 atom stereocenters. The number of hydrogen-bond acceptors (Lipinski definition) is 2. The average molecular weight is 369 g/mol. The summed E-state index contributed by atoms with van der Waals surface area (Å²) < 4.78 is 2.21. The molecular weight excluding hydrogens is 346 g/mol. The smallest absolute Gasteiger partial charge is 0.224 e. The van der Waals surface area contributed by atoms with Crippen LogP contribution in [0.5, 0.6) is 0 Å². The Labute approximate surface area is 164 Å². The van der Waals surface area contributed by atoms with E-state index in [0.29, 0.717) is 13.0 Å². The van der Waals surface area contributed by atoms with Gasteiger partial charge in [0.2, 0.25) is 5.91 Å². The molecular formula is C24H23N3O. The van der Waals surface area contributed by atoms with Crippen molar-refractivity contribution in [3.8, 4) is 0 Å². The van der Waals surface area contributed by atoms with Crippen LogP contribution in [0.4, 0.5) is 0 Å². The van der Waals surface area contributed by atoms with E-state index in [1.54, 1.807) is 0 Å². The zero-order chi connectivity index (χ0) is 19.2. The molecule has 0 fully saturated rings. The van der Waals surface area contributed by atoms with Gasteiger partial charge in [0, 0.05) is 6.54 Å². The van der Waals surface area contributed by atoms with E-state index < -0.39 is 0 Å². The Morgan fingerprint density at radius 3 is 2.21 bits per heavy atom. The molecule has 1 aromatic heterocycles. The lowest BCUT2D eigenvalue weighted by Crippen LogP contribution is -2.26. The Morgan fingerprint density at radius 1 is 0.821 bits per heavy atom. The summed E-state index contributed by atoms with van der Waals surface area (Å²) in [5.74, 6) is 0.895. The minimum absolute atomic E-state index is 0.00728. The standard InChI is InChI=1S/C24H23N3O/c28-24(17-20-11-5-2-6-12-20)25-18-23-26-21-13-7-8-14-22(21)27(23)16-15-19-9-3-1-4-10-19/h1-14H,15-18H2,(H,25,28). The number of imidazole rings is 1. The third-order valence-electron chi connectivity index (χ3n) is 4.85. The maximum absolute atomic E-state index is 12.3. The van der Waals surface area contributed by atoms with Crippen LogP contribution in [0.25, 0.3) is 11.0 Å². The van der Waals surface area contributed by atoms with Crippen molar-refractivity contribution in [3.63, 3.8) is 0 Å². The molecule has 1 N–H and O–H groups in total. The van der Waals surface area contributed by atoms with Gasteiger partial charge in [-0.3, -0.25) is 4.79 Å². The van der Waals surface area contributed by atoms with Crippen LogP contribution < -0.4 is 5.32 Å². The molecule has 4 aromatic rings. The molecule has 0 aliphatic heterocycles. The molecule has 0 radical (unpaired) electrons. The number of para-hydroxylation sites is 2. The molecule has 4 rings (SSSR count). The number of nitrogens with one attached hydrogen (secondary N) is 1. The minimum Gasteiger partial charge on any atom is -0.349 e. The predicted molar refractivity (Wildman–Crippen MR) is 112 cm³/mol. The number of carbonyl (C=O) groups excluding carboxylic acids is 1. The van der Waals surface area contributed by atoms with Crippen molar-refractivity contribution >= 4 is 16.9 Å². The Balaban J connectivity index is 1.48. The summed E-state index contributed by atoms with van der Waals surface area (Å²) in [6, 6.07) is 28.3. The van der Waals surface area contributed by atoms with E-state index in [9.17, 15) is 4.79 Å². The van der Waals surface area contributed by atoms with Crippen molar-refractivity contribution in [1.82, 2.24) is 14.9 Å². The molecule has 1 amide bonds. The number of hydrogen-bond donors (Lipinski definition) is 1. The van der Waals surface area contributed by atoms with E-state index in [1.165, 1.54) is 5.56 Å². The van der Waals surface area contributed by atoms with Gasteiger partial charge in [-0.1, -0.05) is 72.8 Å². The second kappa shape index (κ2) is 8.53. The molecule has 4 nitrogen and oxygen atoms in total. The molecule has 4 heteroatoms. The minimum atomic E-state index is 0.00728. The summed E-state index contributed by atoms with van der Waals surface area (Å²) in [5, 5.41) is 3.02. The number of amides is 1. The van der Waals surface area contributed by atoms with E-state index in [2.05, 4.69) is 40.2 Å². The van der Waals surface area contributed by atoms with Gasteiger partial charge in [-0.25, -0.2) is 4.98 Å². The van der Waals surface area contributed by atoms with Gasteiger partial charge in [-0.2, -0.15) is 0 Å². The van der Waals surface area contributed by atoms with Crippen molar-refractivity contribution in [2.75, 3.05) is 0 Å². The monoisotopic (exact) mass is 369 g/mol. The van der Waals surface area contributed by atoms with Crippen molar-refractivity contribution in [1.29, 1.82) is 0 Å². The zero-order valence-electron chi connectivity index (χ0n) is 15.7. The lowest BCUT2D eigenvalue weighted by Gasteiger charge is -2.10. The van der Waals surface area contributed by atoms with Crippen LogP contribution in [0, 0.1) is 0 Å². The van der Waals surface area contributed by atoms with Crippen LogP contribution in [0.15, 0.2) is 84.9 Å². The van der Waals surface area contributed by atoms with E-state index in [0.717, 1.165) is 35.4 Å². The van der Waals surface area contributed by atoms with Crippen molar-refractivity contribution < 1.29 is 4.79 Å². The fourth-order valence-corrected chi connectivity index (χ4v) is 3.42. The first kappa shape index (κ1) is 18.0. The highest BCUT2D eigenvalue weighted by molar-refractivity contribution is 5.79. The predicted octanol–water partition coefficient (Wildman–Crippen LogP) is 4.14. The molecule has 1 heterocycles. The molecule has 0 spiro atoms. The Hall–Kier alpha value is -3.40. The van der Waals surface area contributed by atoms with Crippen molar-refractivity contribution in [3.05, 3.63) is 102 Å². The van der Waals surface area contributed by atoms with Crippen LogP contribution in [-0.4, -0.2) is 15.5 Å². The molecule has 0 saturated carbocycles. The highest BCUT2D eigenvalue weighted by atomic mass is 16.1. The van der Waals surface area contributed by atoms with E-state index in [-0.39, 0.29) is 5.91 Å². The maximum Gasteiger partial charge on any atom is 0.224 e. The Kier molecular flexibility index (Phi) is 5.48. The lowest BCUT2D eigenvalue weighted by molar-refractivity contribution is -0.120. The van der Waals surface area contributed by atoms with Crippen LogP contribution in [-0.2, 0) is 30.7 Å². The molecule has 140 valence electrons. The van der Waals surface area contributed by atoms with Gasteiger partial charge < -0.3 is 9.88 Å². The summed E-state index contributed by atoms with van der Waals surface area (Å²) in [4.78, 5) is 17.1. The normalized spacial score (nSPS) is 10.9. The third kappa shape index (κ3) is 4.29. The van der Waals surface area contributed by atoms with Gasteiger partial charge >= 0.3 is 0 Å². The van der Waals surface area contributed by atoms with Crippen LogP contribution in [0.2, 0.25) is 0 Å². The Bertz CT molecular complexity index is 1060. The lowest BCUT2D eigenvalue weighted by atomic mass is 10.1. The number of fused-ring (bicyclic) bond motifs is 1. The summed E-state index contributed by atoms with van der Waals surface area (Å²) in [6.45, 7) is 1.25. The number of aryl methyl sites for hydroxylation is 2. The largest absolute Gasteiger partial charge is 0.349 e. The highest BCUT2D eigenvalue weighted by Crippen LogP contribution is 2.17. The van der Waals surface area contributed by atoms with Crippen LogP contribution in [0.3, 0.4) is 0 Å². The molecule has 0 bridgehead atoms. The maximum atomic E-state index is 12.3. The molecule has 0 aliphatic rings.